The van der Waals surface area contributed by atoms with Gasteiger partial charge in [0, 0.05) is 79.2 Å². The lowest BCUT2D eigenvalue weighted by Gasteiger charge is -2.44. The largest absolute Gasteiger partial charge is 0.497 e. The van der Waals surface area contributed by atoms with Crippen LogP contribution < -0.4 is 24.3 Å². The summed E-state index contributed by atoms with van der Waals surface area (Å²) < 4.78 is 33.4. The number of benzene rings is 2. The van der Waals surface area contributed by atoms with Gasteiger partial charge in [-0.1, -0.05) is 26.0 Å². The number of nitrogens with zero attached hydrogens (tertiary/aromatic N) is 5. The van der Waals surface area contributed by atoms with Crippen molar-refractivity contribution in [3.05, 3.63) is 70.1 Å². The molecule has 2 spiro atoms. The van der Waals surface area contributed by atoms with Gasteiger partial charge in [0.05, 0.1) is 52.6 Å². The topological polar surface area (TPSA) is 152 Å². The second-order valence-electron chi connectivity index (χ2n) is 20.2. The van der Waals surface area contributed by atoms with Crippen LogP contribution in [0.15, 0.2) is 47.8 Å². The third-order valence-electron chi connectivity index (χ3n) is 13.6. The Morgan fingerprint density at radius 2 is 1.09 bits per heavy atom. The third kappa shape index (κ3) is 9.03. The average molecular weight is 915 g/mol. The third-order valence-corrected chi connectivity index (χ3v) is 13.6. The molecule has 2 aromatic carbocycles. The number of carbonyl (C=O) groups excluding carboxylic acids is 4. The first-order valence-corrected chi connectivity index (χ1v) is 23.2. The number of likely N-dealkylation sites (N-methyl/N-ethyl adjacent to an activating group) is 1. The summed E-state index contributed by atoms with van der Waals surface area (Å²) in [4.78, 5) is 61.1. The molecule has 4 saturated heterocycles. The zero-order chi connectivity index (χ0) is 48.1. The molecule has 0 aliphatic carbocycles. The fourth-order valence-corrected chi connectivity index (χ4v) is 10.6. The Labute approximate surface area is 390 Å². The maximum Gasteiger partial charge on any atom is 0.410 e. The van der Waals surface area contributed by atoms with E-state index in [1.54, 1.807) is 38.2 Å². The lowest BCUT2D eigenvalue weighted by molar-refractivity contribution is 0.0111. The fraction of sp³-hybridized carbons (Fsp3) is 0.600. The van der Waals surface area contributed by atoms with Crippen LogP contribution in [-0.4, -0.2) is 132 Å². The second kappa shape index (κ2) is 18.1. The quantitative estimate of drug-likeness (QED) is 0.308. The Morgan fingerprint density at radius 3 is 1.52 bits per heavy atom. The summed E-state index contributed by atoms with van der Waals surface area (Å²) in [5, 5.41) is 3.23. The minimum Gasteiger partial charge on any atom is -0.497 e. The smallest absolute Gasteiger partial charge is 0.410 e. The molecule has 0 radical (unpaired) electrons. The minimum absolute atomic E-state index is 0.0151. The van der Waals surface area contributed by atoms with Gasteiger partial charge in [0.2, 0.25) is 0 Å². The van der Waals surface area contributed by atoms with Gasteiger partial charge in [-0.15, -0.1) is 0 Å². The Bertz CT molecular complexity index is 2280. The van der Waals surface area contributed by atoms with Crippen LogP contribution in [0, 0.1) is 0 Å². The van der Waals surface area contributed by atoms with E-state index in [1.807, 2.05) is 87.4 Å². The van der Waals surface area contributed by atoms with E-state index in [1.165, 1.54) is 0 Å². The van der Waals surface area contributed by atoms with Crippen LogP contribution in [-0.2, 0) is 22.6 Å². The number of fused-ring (bicyclic) bond motifs is 6. The number of carbonyl (C=O) groups is 4. The van der Waals surface area contributed by atoms with E-state index in [0.29, 0.717) is 83.0 Å². The van der Waals surface area contributed by atoms with Crippen molar-refractivity contribution < 1.29 is 47.6 Å². The first-order valence-electron chi connectivity index (χ1n) is 23.2. The van der Waals surface area contributed by atoms with E-state index in [0.717, 1.165) is 45.1 Å². The van der Waals surface area contributed by atoms with Gasteiger partial charge in [0.15, 0.2) is 0 Å². The molecule has 0 aromatic heterocycles. The summed E-state index contributed by atoms with van der Waals surface area (Å²) in [6.07, 6.45) is 6.43. The number of piperidine rings is 2. The molecule has 8 rings (SSSR count). The molecule has 1 N–H and O–H groups in total. The normalized spacial score (nSPS) is 21.7. The van der Waals surface area contributed by atoms with Gasteiger partial charge in [0.1, 0.15) is 34.2 Å². The Hall–Kier alpha value is -5.80. The van der Waals surface area contributed by atoms with E-state index >= 15 is 0 Å². The number of likely N-dealkylation sites (tertiary alicyclic amines) is 2. The molecule has 6 aliphatic rings. The van der Waals surface area contributed by atoms with Crippen LogP contribution in [0.25, 0.3) is 0 Å². The van der Waals surface area contributed by atoms with Gasteiger partial charge in [-0.3, -0.25) is 9.80 Å². The Kier molecular flexibility index (Phi) is 13.2. The minimum atomic E-state index is -0.535. The monoisotopic (exact) mass is 915 g/mol. The molecule has 4 fully saturated rings. The van der Waals surface area contributed by atoms with Crippen LogP contribution in [0.1, 0.15) is 122 Å². The summed E-state index contributed by atoms with van der Waals surface area (Å²) in [5.41, 5.74) is 4.24. The number of urea groups is 2. The zero-order valence-electron chi connectivity index (χ0n) is 41.2. The summed E-state index contributed by atoms with van der Waals surface area (Å²) >= 11 is 0. The number of hydrogen-bond acceptors (Lipinski definition) is 10. The van der Waals surface area contributed by atoms with Gasteiger partial charge in [-0.25, -0.2) is 19.2 Å². The highest BCUT2D eigenvalue weighted by Crippen LogP contribution is 2.50. The highest BCUT2D eigenvalue weighted by atomic mass is 16.6. The molecule has 2 unspecified atom stereocenters. The molecule has 0 saturated carbocycles. The van der Waals surface area contributed by atoms with Crippen LogP contribution in [0.4, 0.5) is 19.2 Å². The summed E-state index contributed by atoms with van der Waals surface area (Å²) in [6, 6.07) is 7.68. The highest BCUT2D eigenvalue weighted by Gasteiger charge is 2.56. The number of amides is 6. The van der Waals surface area contributed by atoms with Crippen molar-refractivity contribution in [2.24, 2.45) is 0 Å². The second-order valence-corrected chi connectivity index (χ2v) is 20.2. The molecular formula is C50H70N6O10. The van der Waals surface area contributed by atoms with Gasteiger partial charge in [-0.2, -0.15) is 0 Å². The fourth-order valence-electron chi connectivity index (χ4n) is 10.6. The number of rotatable bonds is 5. The van der Waals surface area contributed by atoms with Crippen molar-refractivity contribution in [2.45, 2.75) is 135 Å². The van der Waals surface area contributed by atoms with Crippen molar-refractivity contribution in [1.29, 1.82) is 0 Å². The molecular weight excluding hydrogens is 845 g/mol. The van der Waals surface area contributed by atoms with E-state index in [-0.39, 0.29) is 36.1 Å². The molecule has 66 heavy (non-hydrogen) atoms. The predicted octanol–water partition coefficient (Wildman–Crippen LogP) is 8.73. The van der Waals surface area contributed by atoms with Crippen LogP contribution in [0.2, 0.25) is 0 Å². The number of hydrogen-bond donors (Lipinski definition) is 1. The maximum atomic E-state index is 13.7. The van der Waals surface area contributed by atoms with Crippen LogP contribution >= 0.6 is 0 Å². The van der Waals surface area contributed by atoms with E-state index < -0.39 is 22.3 Å². The van der Waals surface area contributed by atoms with Gasteiger partial charge in [0.25, 0.3) is 0 Å². The molecule has 6 aliphatic heterocycles. The number of nitrogens with one attached hydrogen (secondary N) is 1. The van der Waals surface area contributed by atoms with Gasteiger partial charge >= 0.3 is 24.2 Å². The lowest BCUT2D eigenvalue weighted by Crippen LogP contribution is -2.55. The van der Waals surface area contributed by atoms with Crippen LogP contribution in [0.3, 0.4) is 0 Å². The number of allylic oxidation sites excluding steroid dienone is 2. The van der Waals surface area contributed by atoms with Crippen molar-refractivity contribution in [2.75, 3.05) is 61.2 Å². The lowest BCUT2D eigenvalue weighted by atomic mass is 9.82. The molecule has 360 valence electrons. The van der Waals surface area contributed by atoms with E-state index in [2.05, 4.69) is 31.3 Å². The van der Waals surface area contributed by atoms with Gasteiger partial charge in [-0.05, 0) is 97.4 Å². The molecule has 16 heteroatoms. The van der Waals surface area contributed by atoms with Crippen molar-refractivity contribution in [3.8, 4) is 23.0 Å². The number of ether oxygens (including phenoxy) is 6. The standard InChI is InChI=1S/C26H37N3O5.C24H33N3O5/c1-8-29-23(30)28-16-18-14-19(32-6)15-20(33-7)22(18)17(2)13-21(28)26(29)9-11-27(12-10-26)24(31)34-25(3,4)5;1-15-11-19-24(7-9-26(10-8-24)22(29)32-23(2,3)4)25-21(28)27(19)14-16-12-17(30-5)13-18(31-6)20(15)16/h13-15,17H,8-12,16H2,1-7H3;11-13,15H,7-10,14H2,1-6H3,(H,25,28). The first-order chi connectivity index (χ1) is 31.1. The first kappa shape index (κ1) is 48.1. The predicted molar refractivity (Wildman–Crippen MR) is 249 cm³/mol. The van der Waals surface area contributed by atoms with Crippen LogP contribution in [0.5, 0.6) is 23.0 Å². The molecule has 2 aromatic rings. The maximum absolute atomic E-state index is 13.7. The molecule has 0 bridgehead atoms. The van der Waals surface area contributed by atoms with E-state index in [4.69, 9.17) is 28.4 Å². The summed E-state index contributed by atoms with van der Waals surface area (Å²) in [7, 11) is 6.58. The molecule has 6 amide bonds. The van der Waals surface area contributed by atoms with Crippen molar-refractivity contribution in [3.63, 3.8) is 0 Å². The molecule has 6 heterocycles. The summed E-state index contributed by atoms with van der Waals surface area (Å²) in [5.74, 6) is 3.06. The Balaban J connectivity index is 0.000000197. The zero-order valence-corrected chi connectivity index (χ0v) is 41.2. The van der Waals surface area contributed by atoms with Gasteiger partial charge < -0.3 is 48.4 Å². The summed E-state index contributed by atoms with van der Waals surface area (Å²) in [6.45, 7) is 21.2. The number of methoxy groups -OCH3 is 4. The van der Waals surface area contributed by atoms with Crippen molar-refractivity contribution in [1.82, 2.24) is 29.8 Å². The Morgan fingerprint density at radius 1 is 0.652 bits per heavy atom. The molecule has 2 atom stereocenters. The molecule has 16 nitrogen and oxygen atoms in total. The average Bonchev–Trinajstić information content (AvgIpc) is 3.44. The SMILES string of the molecule is CCN1C(=O)N2Cc3cc(OC)cc(OC)c3C(C)C=C2C12CCN(C(=O)OC(C)(C)C)CC2.COc1cc2c(c(OC)c1)C(C)C=C1N(C2)C(=O)NC12CCN(C(=O)OC(C)(C)C)CC2. The van der Waals surface area contributed by atoms with Crippen molar-refractivity contribution >= 4 is 24.2 Å². The van der Waals surface area contributed by atoms with E-state index in [9.17, 15) is 19.2 Å². The highest BCUT2D eigenvalue weighted by molar-refractivity contribution is 5.84.